The van der Waals surface area contributed by atoms with Gasteiger partial charge in [-0.2, -0.15) is 5.10 Å². The largest absolute Gasteiger partial charge is 0.312 e. The summed E-state index contributed by atoms with van der Waals surface area (Å²) < 4.78 is 1.96. The molecule has 0 radical (unpaired) electrons. The molecule has 0 aliphatic rings. The number of hydrogen-bond donors (Lipinski definition) is 1. The first-order chi connectivity index (χ1) is 7.06. The lowest BCUT2D eigenvalue weighted by Gasteiger charge is -2.16. The van der Waals surface area contributed by atoms with E-state index < -0.39 is 0 Å². The van der Waals surface area contributed by atoms with Gasteiger partial charge in [-0.25, -0.2) is 0 Å². The predicted molar refractivity (Wildman–Crippen MR) is 63.3 cm³/mol. The number of nitrogens with zero attached hydrogens (tertiary/aromatic N) is 3. The molecule has 0 aromatic carbocycles. The highest BCUT2D eigenvalue weighted by Crippen LogP contribution is 2.21. The lowest BCUT2D eigenvalue weighted by molar-refractivity contribution is 0.365. The normalized spacial score (nSPS) is 13.5. The van der Waals surface area contributed by atoms with E-state index in [1.54, 1.807) is 6.20 Å². The third-order valence-electron chi connectivity index (χ3n) is 2.44. The highest BCUT2D eigenvalue weighted by molar-refractivity contribution is 6.31. The number of halogens is 1. The van der Waals surface area contributed by atoms with Crippen LogP contribution in [0.2, 0.25) is 5.02 Å². The van der Waals surface area contributed by atoms with Crippen molar-refractivity contribution in [2.75, 3.05) is 27.7 Å². The molecule has 0 aliphatic heterocycles. The van der Waals surface area contributed by atoms with E-state index in [2.05, 4.69) is 22.2 Å². The first-order valence-electron chi connectivity index (χ1n) is 5.09. The van der Waals surface area contributed by atoms with E-state index >= 15 is 0 Å². The first kappa shape index (κ1) is 12.5. The van der Waals surface area contributed by atoms with Gasteiger partial charge in [0, 0.05) is 12.6 Å². The van der Waals surface area contributed by atoms with Crippen LogP contribution in [0.3, 0.4) is 0 Å². The molecule has 15 heavy (non-hydrogen) atoms. The molecule has 0 saturated carbocycles. The van der Waals surface area contributed by atoms with Crippen molar-refractivity contribution in [1.82, 2.24) is 20.0 Å². The fraction of sp³-hybridized carbons (Fsp3) is 0.700. The number of hydrogen-bond acceptors (Lipinski definition) is 3. The topological polar surface area (TPSA) is 33.1 Å². The van der Waals surface area contributed by atoms with Crippen LogP contribution in [-0.2, 0) is 6.54 Å². The van der Waals surface area contributed by atoms with Gasteiger partial charge in [-0.1, -0.05) is 11.6 Å². The van der Waals surface area contributed by atoms with E-state index in [0.29, 0.717) is 0 Å². The molecule has 1 unspecified atom stereocenters. The van der Waals surface area contributed by atoms with Crippen molar-refractivity contribution in [2.45, 2.75) is 19.5 Å². The second-order valence-electron chi connectivity index (χ2n) is 3.91. The van der Waals surface area contributed by atoms with E-state index in [1.807, 2.05) is 25.8 Å². The lowest BCUT2D eigenvalue weighted by atomic mass is 10.2. The van der Waals surface area contributed by atoms with Gasteiger partial charge in [0.05, 0.1) is 23.5 Å². The predicted octanol–water partition coefficient (Wildman–Crippen LogP) is 1.38. The molecule has 1 aromatic rings. The van der Waals surface area contributed by atoms with Gasteiger partial charge in [0.25, 0.3) is 0 Å². The molecular weight excluding hydrogens is 212 g/mol. The van der Waals surface area contributed by atoms with Crippen molar-refractivity contribution < 1.29 is 0 Å². The fourth-order valence-corrected chi connectivity index (χ4v) is 1.72. The molecule has 0 saturated heterocycles. The fourth-order valence-electron chi connectivity index (χ4n) is 1.41. The minimum absolute atomic E-state index is 0.224. The van der Waals surface area contributed by atoms with Crippen LogP contribution in [0, 0.1) is 0 Å². The SMILES string of the molecule is CNC(C)c1c(Cl)cnn1CCN(C)C. The van der Waals surface area contributed by atoms with Crippen LogP contribution in [0.1, 0.15) is 18.7 Å². The van der Waals surface area contributed by atoms with Crippen LogP contribution in [0.5, 0.6) is 0 Å². The zero-order valence-corrected chi connectivity index (χ0v) is 10.5. The van der Waals surface area contributed by atoms with Gasteiger partial charge in [-0.05, 0) is 28.1 Å². The maximum Gasteiger partial charge on any atom is 0.0834 e. The monoisotopic (exact) mass is 230 g/mol. The maximum atomic E-state index is 6.10. The van der Waals surface area contributed by atoms with Crippen LogP contribution < -0.4 is 5.32 Å². The summed E-state index contributed by atoms with van der Waals surface area (Å²) in [6, 6.07) is 0.224. The molecule has 86 valence electrons. The van der Waals surface area contributed by atoms with Gasteiger partial charge in [0.2, 0.25) is 0 Å². The summed E-state index contributed by atoms with van der Waals surface area (Å²) in [5.74, 6) is 0. The minimum atomic E-state index is 0.224. The van der Waals surface area contributed by atoms with E-state index in [0.717, 1.165) is 23.8 Å². The molecule has 1 atom stereocenters. The summed E-state index contributed by atoms with van der Waals surface area (Å²) in [7, 11) is 6.02. The summed E-state index contributed by atoms with van der Waals surface area (Å²) in [6.07, 6.45) is 1.71. The quantitative estimate of drug-likeness (QED) is 0.830. The average Bonchev–Trinajstić information content (AvgIpc) is 2.55. The molecule has 0 bridgehead atoms. The Balaban J connectivity index is 2.79. The molecule has 1 rings (SSSR count). The Morgan fingerprint density at radius 1 is 1.60 bits per heavy atom. The second kappa shape index (κ2) is 5.49. The summed E-state index contributed by atoms with van der Waals surface area (Å²) in [6.45, 7) is 3.90. The zero-order valence-electron chi connectivity index (χ0n) is 9.79. The standard InChI is InChI=1S/C10H19ClN4/c1-8(12-2)10-9(11)7-13-15(10)6-5-14(3)4/h7-8,12H,5-6H2,1-4H3. The Hall–Kier alpha value is -0.580. The number of nitrogens with one attached hydrogen (secondary N) is 1. The third-order valence-corrected chi connectivity index (χ3v) is 2.73. The van der Waals surface area contributed by atoms with Crippen molar-refractivity contribution in [3.05, 3.63) is 16.9 Å². The molecule has 1 heterocycles. The summed E-state index contributed by atoms with van der Waals surface area (Å²) >= 11 is 6.10. The Kier molecular flexibility index (Phi) is 4.57. The summed E-state index contributed by atoms with van der Waals surface area (Å²) in [5.41, 5.74) is 1.06. The second-order valence-corrected chi connectivity index (χ2v) is 4.32. The van der Waals surface area contributed by atoms with Crippen molar-refractivity contribution >= 4 is 11.6 Å². The van der Waals surface area contributed by atoms with E-state index in [-0.39, 0.29) is 6.04 Å². The molecular formula is C10H19ClN4. The zero-order chi connectivity index (χ0) is 11.4. The van der Waals surface area contributed by atoms with Crippen molar-refractivity contribution in [3.63, 3.8) is 0 Å². The molecule has 1 N–H and O–H groups in total. The van der Waals surface area contributed by atoms with Crippen LogP contribution in [-0.4, -0.2) is 42.4 Å². The van der Waals surface area contributed by atoms with Gasteiger partial charge in [-0.3, -0.25) is 4.68 Å². The van der Waals surface area contributed by atoms with Gasteiger partial charge in [-0.15, -0.1) is 0 Å². The molecule has 0 aliphatic carbocycles. The maximum absolute atomic E-state index is 6.10. The Bertz CT molecular complexity index is 308. The molecule has 1 aromatic heterocycles. The van der Waals surface area contributed by atoms with Crippen molar-refractivity contribution in [2.24, 2.45) is 0 Å². The smallest absolute Gasteiger partial charge is 0.0834 e. The van der Waals surface area contributed by atoms with Gasteiger partial charge in [0.15, 0.2) is 0 Å². The van der Waals surface area contributed by atoms with Gasteiger partial charge >= 0.3 is 0 Å². The number of aromatic nitrogens is 2. The van der Waals surface area contributed by atoms with Gasteiger partial charge < -0.3 is 10.2 Å². The van der Waals surface area contributed by atoms with Crippen molar-refractivity contribution in [1.29, 1.82) is 0 Å². The number of rotatable bonds is 5. The minimum Gasteiger partial charge on any atom is -0.312 e. The van der Waals surface area contributed by atoms with Crippen LogP contribution in [0.4, 0.5) is 0 Å². The Morgan fingerprint density at radius 3 is 2.80 bits per heavy atom. The summed E-state index contributed by atoms with van der Waals surface area (Å²) in [4.78, 5) is 2.13. The summed E-state index contributed by atoms with van der Waals surface area (Å²) in [5, 5.41) is 8.18. The van der Waals surface area contributed by atoms with E-state index in [9.17, 15) is 0 Å². The highest BCUT2D eigenvalue weighted by Gasteiger charge is 2.14. The molecule has 0 fully saturated rings. The molecule has 4 nitrogen and oxygen atoms in total. The lowest BCUT2D eigenvalue weighted by Crippen LogP contribution is -2.23. The van der Waals surface area contributed by atoms with E-state index in [4.69, 9.17) is 11.6 Å². The number of likely N-dealkylation sites (N-methyl/N-ethyl adjacent to an activating group) is 1. The van der Waals surface area contributed by atoms with Crippen LogP contribution in [0.25, 0.3) is 0 Å². The van der Waals surface area contributed by atoms with Crippen LogP contribution >= 0.6 is 11.6 Å². The molecule has 0 spiro atoms. The molecule has 0 amide bonds. The Labute approximate surface area is 96.2 Å². The van der Waals surface area contributed by atoms with Gasteiger partial charge in [0.1, 0.15) is 0 Å². The van der Waals surface area contributed by atoms with Crippen molar-refractivity contribution in [3.8, 4) is 0 Å². The Morgan fingerprint density at radius 2 is 2.27 bits per heavy atom. The van der Waals surface area contributed by atoms with E-state index in [1.165, 1.54) is 0 Å². The first-order valence-corrected chi connectivity index (χ1v) is 5.47. The highest BCUT2D eigenvalue weighted by atomic mass is 35.5. The van der Waals surface area contributed by atoms with Crippen LogP contribution in [0.15, 0.2) is 6.20 Å². The third kappa shape index (κ3) is 3.19. The molecule has 5 heteroatoms. The average molecular weight is 231 g/mol.